The highest BCUT2D eigenvalue weighted by Crippen LogP contribution is 2.15. The molecule has 0 spiro atoms. The van der Waals surface area contributed by atoms with Gasteiger partial charge in [-0.3, -0.25) is 5.43 Å². The predicted molar refractivity (Wildman–Crippen MR) is 79.9 cm³/mol. The molecule has 1 aromatic rings. The SMILES string of the molecule is CCOc1ccc(NC(=S)NNC(C)(C)C)cc1. The third-order valence-electron chi connectivity index (χ3n) is 1.97. The van der Waals surface area contributed by atoms with Crippen LogP contribution in [0.15, 0.2) is 24.3 Å². The summed E-state index contributed by atoms with van der Waals surface area (Å²) in [6.07, 6.45) is 0. The van der Waals surface area contributed by atoms with Crippen molar-refractivity contribution in [2.75, 3.05) is 11.9 Å². The van der Waals surface area contributed by atoms with E-state index in [9.17, 15) is 0 Å². The van der Waals surface area contributed by atoms with Crippen LogP contribution in [0.3, 0.4) is 0 Å². The largest absolute Gasteiger partial charge is 0.494 e. The summed E-state index contributed by atoms with van der Waals surface area (Å²) in [5.41, 5.74) is 6.93. The number of anilines is 1. The van der Waals surface area contributed by atoms with E-state index in [0.717, 1.165) is 11.4 Å². The molecular formula is C13H21N3OS. The lowest BCUT2D eigenvalue weighted by molar-refractivity contribution is 0.340. The lowest BCUT2D eigenvalue weighted by atomic mass is 10.1. The molecule has 0 aliphatic heterocycles. The molecule has 0 aliphatic rings. The van der Waals surface area contributed by atoms with Gasteiger partial charge < -0.3 is 10.1 Å². The Balaban J connectivity index is 2.44. The summed E-state index contributed by atoms with van der Waals surface area (Å²) in [5, 5.41) is 3.62. The molecule has 3 N–H and O–H groups in total. The Bertz CT molecular complexity index is 384. The molecular weight excluding hydrogens is 246 g/mol. The fraction of sp³-hybridized carbons (Fsp3) is 0.462. The van der Waals surface area contributed by atoms with Crippen molar-refractivity contribution in [2.24, 2.45) is 0 Å². The highest BCUT2D eigenvalue weighted by Gasteiger charge is 2.08. The second kappa shape index (κ2) is 6.56. The molecule has 0 bridgehead atoms. The Hall–Kier alpha value is -1.33. The number of hydrogen-bond donors (Lipinski definition) is 3. The van der Waals surface area contributed by atoms with E-state index in [1.807, 2.05) is 31.2 Å². The quantitative estimate of drug-likeness (QED) is 0.578. The molecule has 0 aliphatic carbocycles. The zero-order chi connectivity index (χ0) is 13.6. The van der Waals surface area contributed by atoms with Crippen molar-refractivity contribution in [1.29, 1.82) is 0 Å². The summed E-state index contributed by atoms with van der Waals surface area (Å²) in [4.78, 5) is 0. The van der Waals surface area contributed by atoms with Gasteiger partial charge in [0.1, 0.15) is 5.75 Å². The number of hydrazine groups is 1. The summed E-state index contributed by atoms with van der Waals surface area (Å²) in [5.74, 6) is 0.856. The summed E-state index contributed by atoms with van der Waals surface area (Å²) in [6, 6.07) is 7.67. The van der Waals surface area contributed by atoms with Crippen molar-refractivity contribution < 1.29 is 4.74 Å². The number of hydrogen-bond acceptors (Lipinski definition) is 3. The van der Waals surface area contributed by atoms with Crippen molar-refractivity contribution in [3.05, 3.63) is 24.3 Å². The third kappa shape index (κ3) is 5.84. The average molecular weight is 267 g/mol. The van der Waals surface area contributed by atoms with Gasteiger partial charge in [-0.1, -0.05) is 0 Å². The maximum Gasteiger partial charge on any atom is 0.185 e. The van der Waals surface area contributed by atoms with E-state index in [0.29, 0.717) is 11.7 Å². The van der Waals surface area contributed by atoms with Crippen LogP contribution in [0.2, 0.25) is 0 Å². The number of thiocarbonyl (C=S) groups is 1. The molecule has 1 rings (SSSR count). The van der Waals surface area contributed by atoms with Crippen molar-refractivity contribution in [1.82, 2.24) is 10.9 Å². The first-order chi connectivity index (χ1) is 8.40. The van der Waals surface area contributed by atoms with Crippen LogP contribution in [0.1, 0.15) is 27.7 Å². The minimum absolute atomic E-state index is 0.0371. The highest BCUT2D eigenvalue weighted by molar-refractivity contribution is 7.80. The summed E-state index contributed by atoms with van der Waals surface area (Å²) >= 11 is 5.17. The van der Waals surface area contributed by atoms with Gasteiger partial charge in [0, 0.05) is 11.2 Å². The van der Waals surface area contributed by atoms with E-state index in [2.05, 4.69) is 36.9 Å². The first-order valence-corrected chi connectivity index (χ1v) is 6.38. The molecule has 0 heterocycles. The van der Waals surface area contributed by atoms with Gasteiger partial charge in [-0.25, -0.2) is 5.43 Å². The van der Waals surface area contributed by atoms with Gasteiger partial charge in [-0.15, -0.1) is 0 Å². The molecule has 5 heteroatoms. The Morgan fingerprint density at radius 2 is 1.83 bits per heavy atom. The molecule has 0 saturated heterocycles. The van der Waals surface area contributed by atoms with Gasteiger partial charge in [0.2, 0.25) is 0 Å². The maximum atomic E-state index is 5.37. The van der Waals surface area contributed by atoms with Gasteiger partial charge in [-0.05, 0) is 64.2 Å². The van der Waals surface area contributed by atoms with Crippen LogP contribution in [0, 0.1) is 0 Å². The van der Waals surface area contributed by atoms with Crippen molar-refractivity contribution in [3.63, 3.8) is 0 Å². The predicted octanol–water partition coefficient (Wildman–Crippen LogP) is 2.67. The topological polar surface area (TPSA) is 45.3 Å². The molecule has 0 aromatic heterocycles. The molecule has 0 fully saturated rings. The van der Waals surface area contributed by atoms with Crippen LogP contribution in [0.4, 0.5) is 5.69 Å². The first-order valence-electron chi connectivity index (χ1n) is 5.98. The smallest absolute Gasteiger partial charge is 0.185 e. The number of ether oxygens (including phenoxy) is 1. The highest BCUT2D eigenvalue weighted by atomic mass is 32.1. The monoisotopic (exact) mass is 267 g/mol. The zero-order valence-corrected chi connectivity index (χ0v) is 12.1. The summed E-state index contributed by atoms with van der Waals surface area (Å²) < 4.78 is 5.37. The Kier molecular flexibility index (Phi) is 5.37. The van der Waals surface area contributed by atoms with E-state index >= 15 is 0 Å². The van der Waals surface area contributed by atoms with E-state index in [1.54, 1.807) is 0 Å². The van der Waals surface area contributed by atoms with Crippen molar-refractivity contribution in [2.45, 2.75) is 33.2 Å². The fourth-order valence-corrected chi connectivity index (χ4v) is 1.38. The average Bonchev–Trinajstić information content (AvgIpc) is 2.29. The van der Waals surface area contributed by atoms with Crippen LogP contribution in [0.25, 0.3) is 0 Å². The molecule has 0 radical (unpaired) electrons. The fourth-order valence-electron chi connectivity index (χ4n) is 1.21. The second-order valence-electron chi connectivity index (χ2n) is 4.91. The lowest BCUT2D eigenvalue weighted by Crippen LogP contribution is -2.50. The minimum Gasteiger partial charge on any atom is -0.494 e. The normalized spacial score (nSPS) is 10.9. The van der Waals surface area contributed by atoms with Crippen LogP contribution >= 0.6 is 12.2 Å². The van der Waals surface area contributed by atoms with Crippen LogP contribution in [-0.4, -0.2) is 17.3 Å². The molecule has 0 atom stereocenters. The maximum absolute atomic E-state index is 5.37. The van der Waals surface area contributed by atoms with Gasteiger partial charge in [-0.2, -0.15) is 0 Å². The Morgan fingerprint density at radius 3 is 2.33 bits per heavy atom. The number of nitrogens with one attached hydrogen (secondary N) is 3. The molecule has 0 unspecified atom stereocenters. The summed E-state index contributed by atoms with van der Waals surface area (Å²) in [6.45, 7) is 8.80. The molecule has 0 amide bonds. The Labute approximate surface area is 114 Å². The van der Waals surface area contributed by atoms with Gasteiger partial charge >= 0.3 is 0 Å². The third-order valence-corrected chi connectivity index (χ3v) is 2.18. The van der Waals surface area contributed by atoms with Crippen LogP contribution in [-0.2, 0) is 0 Å². The van der Waals surface area contributed by atoms with Crippen LogP contribution in [0.5, 0.6) is 5.75 Å². The minimum atomic E-state index is -0.0371. The van der Waals surface area contributed by atoms with Crippen molar-refractivity contribution in [3.8, 4) is 5.75 Å². The van der Waals surface area contributed by atoms with E-state index < -0.39 is 0 Å². The molecule has 1 aromatic carbocycles. The molecule has 4 nitrogen and oxygen atoms in total. The first kappa shape index (κ1) is 14.7. The standard InChI is InChI=1S/C13H21N3OS/c1-5-17-11-8-6-10(7-9-11)14-12(18)15-16-13(2,3)4/h6-9,16H,5H2,1-4H3,(H2,14,15,18). The number of rotatable bonds is 4. The molecule has 18 heavy (non-hydrogen) atoms. The van der Waals surface area contributed by atoms with E-state index in [1.165, 1.54) is 0 Å². The van der Waals surface area contributed by atoms with Gasteiger partial charge in [0.05, 0.1) is 6.61 Å². The van der Waals surface area contributed by atoms with E-state index in [-0.39, 0.29) is 5.54 Å². The van der Waals surface area contributed by atoms with E-state index in [4.69, 9.17) is 17.0 Å². The molecule has 0 saturated carbocycles. The van der Waals surface area contributed by atoms with Crippen LogP contribution < -0.4 is 20.9 Å². The van der Waals surface area contributed by atoms with Crippen molar-refractivity contribution >= 4 is 23.0 Å². The number of benzene rings is 1. The molecule has 100 valence electrons. The van der Waals surface area contributed by atoms with Gasteiger partial charge in [0.25, 0.3) is 0 Å². The zero-order valence-electron chi connectivity index (χ0n) is 11.3. The van der Waals surface area contributed by atoms with Gasteiger partial charge in [0.15, 0.2) is 5.11 Å². The Morgan fingerprint density at radius 1 is 1.22 bits per heavy atom. The lowest BCUT2D eigenvalue weighted by Gasteiger charge is -2.22. The second-order valence-corrected chi connectivity index (χ2v) is 5.32. The summed E-state index contributed by atoms with van der Waals surface area (Å²) in [7, 11) is 0.